The molecule has 1 atom stereocenters. The fraction of sp³-hybridized carbons (Fsp3) is 0.800. The van der Waals surface area contributed by atoms with Crippen molar-refractivity contribution in [3.8, 4) is 0 Å². The number of hydrogen-bond donors (Lipinski definition) is 1. The minimum absolute atomic E-state index is 0.306. The lowest BCUT2D eigenvalue weighted by Crippen LogP contribution is -2.21. The predicted octanol–water partition coefficient (Wildman–Crippen LogP) is 0.570. The highest BCUT2D eigenvalue weighted by molar-refractivity contribution is 5.01. The fourth-order valence-electron chi connectivity index (χ4n) is 1.73. The Bertz CT molecular complexity index is 334. The third-order valence-electron chi connectivity index (χ3n) is 2.65. The average Bonchev–Trinajstić information content (AvgIpc) is 2.88. The Morgan fingerprint density at radius 2 is 2.44 bits per heavy atom. The van der Waals surface area contributed by atoms with Gasteiger partial charge in [-0.15, -0.1) is 0 Å². The summed E-state index contributed by atoms with van der Waals surface area (Å²) in [7, 11) is 0. The Labute approximate surface area is 94.1 Å². The van der Waals surface area contributed by atoms with E-state index in [-0.39, 0.29) is 0 Å². The van der Waals surface area contributed by atoms with Crippen LogP contribution in [0.1, 0.15) is 31.5 Å². The molecule has 16 heavy (non-hydrogen) atoms. The van der Waals surface area contributed by atoms with Crippen molar-refractivity contribution in [1.82, 2.24) is 10.1 Å². The second-order valence-corrected chi connectivity index (χ2v) is 4.04. The number of rotatable bonds is 5. The molecule has 0 amide bonds. The number of aromatic nitrogens is 2. The summed E-state index contributed by atoms with van der Waals surface area (Å²) >= 11 is 0. The lowest BCUT2D eigenvalue weighted by Gasteiger charge is -2.17. The second kappa shape index (κ2) is 4.90. The van der Waals surface area contributed by atoms with E-state index < -0.39 is 5.60 Å². The van der Waals surface area contributed by atoms with Gasteiger partial charge < -0.3 is 19.7 Å². The van der Waals surface area contributed by atoms with Crippen molar-refractivity contribution in [3.05, 3.63) is 11.7 Å². The van der Waals surface area contributed by atoms with Crippen molar-refractivity contribution in [2.45, 2.75) is 32.0 Å². The van der Waals surface area contributed by atoms with Crippen LogP contribution in [0.15, 0.2) is 4.52 Å². The molecule has 1 aliphatic rings. The van der Waals surface area contributed by atoms with Crippen LogP contribution >= 0.6 is 0 Å². The summed E-state index contributed by atoms with van der Waals surface area (Å²) in [5, 5.41) is 3.93. The van der Waals surface area contributed by atoms with E-state index >= 15 is 0 Å². The molecule has 1 aliphatic heterocycles. The molecule has 0 aliphatic carbocycles. The van der Waals surface area contributed by atoms with E-state index in [2.05, 4.69) is 10.1 Å². The lowest BCUT2D eigenvalue weighted by atomic mass is 10.0. The van der Waals surface area contributed by atoms with Gasteiger partial charge in [0.25, 0.3) is 5.89 Å². The van der Waals surface area contributed by atoms with Crippen molar-refractivity contribution in [2.24, 2.45) is 5.73 Å². The molecule has 90 valence electrons. The first-order chi connectivity index (χ1) is 7.74. The normalized spacial score (nSPS) is 25.1. The maximum atomic E-state index is 5.62. The molecule has 0 radical (unpaired) electrons. The summed E-state index contributed by atoms with van der Waals surface area (Å²) in [5.74, 6) is 1.08. The van der Waals surface area contributed by atoms with Crippen molar-refractivity contribution in [2.75, 3.05) is 19.8 Å². The highest BCUT2D eigenvalue weighted by atomic mass is 16.5. The van der Waals surface area contributed by atoms with E-state index in [0.717, 1.165) is 19.4 Å². The van der Waals surface area contributed by atoms with Crippen LogP contribution < -0.4 is 5.73 Å². The minimum atomic E-state index is -0.393. The zero-order valence-electron chi connectivity index (χ0n) is 9.44. The van der Waals surface area contributed by atoms with Crippen molar-refractivity contribution in [1.29, 1.82) is 0 Å². The van der Waals surface area contributed by atoms with Gasteiger partial charge in [0, 0.05) is 13.2 Å². The maximum absolute atomic E-state index is 5.62. The van der Waals surface area contributed by atoms with Gasteiger partial charge in [0.15, 0.2) is 0 Å². The summed E-state index contributed by atoms with van der Waals surface area (Å²) in [6, 6.07) is 0. The largest absolute Gasteiger partial charge is 0.370 e. The Morgan fingerprint density at radius 3 is 3.12 bits per heavy atom. The van der Waals surface area contributed by atoms with E-state index in [1.54, 1.807) is 0 Å². The highest BCUT2D eigenvalue weighted by Gasteiger charge is 2.36. The molecule has 0 bridgehead atoms. The van der Waals surface area contributed by atoms with Crippen LogP contribution in [-0.2, 0) is 21.7 Å². The summed E-state index contributed by atoms with van der Waals surface area (Å²) in [6.07, 6.45) is 1.96. The third kappa shape index (κ3) is 2.40. The fourth-order valence-corrected chi connectivity index (χ4v) is 1.73. The van der Waals surface area contributed by atoms with Crippen molar-refractivity contribution in [3.63, 3.8) is 0 Å². The lowest BCUT2D eigenvalue weighted by molar-refractivity contribution is 0.00767. The second-order valence-electron chi connectivity index (χ2n) is 4.04. The van der Waals surface area contributed by atoms with E-state index in [0.29, 0.717) is 31.5 Å². The number of nitrogens with two attached hydrogens (primary N) is 1. The Balaban J connectivity index is 1.96. The summed E-state index contributed by atoms with van der Waals surface area (Å²) < 4.78 is 15.9. The molecule has 1 fully saturated rings. The van der Waals surface area contributed by atoms with E-state index in [1.165, 1.54) is 0 Å². The molecule has 0 spiro atoms. The van der Waals surface area contributed by atoms with Gasteiger partial charge in [-0.3, -0.25) is 0 Å². The maximum Gasteiger partial charge on any atom is 0.252 e. The first-order valence-corrected chi connectivity index (χ1v) is 5.49. The van der Waals surface area contributed by atoms with E-state index in [1.807, 2.05) is 6.92 Å². The molecular weight excluding hydrogens is 210 g/mol. The SMILES string of the molecule is CC1(c2noc(COCCN)n2)CCCO1. The monoisotopic (exact) mass is 227 g/mol. The molecule has 1 aromatic rings. The number of hydrogen-bond acceptors (Lipinski definition) is 6. The topological polar surface area (TPSA) is 83.4 Å². The summed E-state index contributed by atoms with van der Waals surface area (Å²) in [4.78, 5) is 4.27. The molecule has 0 aromatic carbocycles. The van der Waals surface area contributed by atoms with Gasteiger partial charge in [0.1, 0.15) is 12.2 Å². The quantitative estimate of drug-likeness (QED) is 0.740. The third-order valence-corrected chi connectivity index (χ3v) is 2.65. The Kier molecular flexibility index (Phi) is 3.52. The molecule has 6 nitrogen and oxygen atoms in total. The molecule has 0 saturated carbocycles. The van der Waals surface area contributed by atoms with Crippen LogP contribution in [0.4, 0.5) is 0 Å². The van der Waals surface area contributed by atoms with Crippen LogP contribution in [0.5, 0.6) is 0 Å². The smallest absolute Gasteiger partial charge is 0.252 e. The molecule has 2 rings (SSSR count). The summed E-state index contributed by atoms with van der Waals surface area (Å²) in [5.41, 5.74) is 4.91. The minimum Gasteiger partial charge on any atom is -0.370 e. The van der Waals surface area contributed by atoms with Crippen LogP contribution in [0.25, 0.3) is 0 Å². The van der Waals surface area contributed by atoms with Gasteiger partial charge in [-0.2, -0.15) is 4.98 Å². The molecule has 1 unspecified atom stereocenters. The highest BCUT2D eigenvalue weighted by Crippen LogP contribution is 2.33. The Morgan fingerprint density at radius 1 is 1.56 bits per heavy atom. The zero-order chi connectivity index (χ0) is 11.4. The molecular formula is C10H17N3O3. The first-order valence-electron chi connectivity index (χ1n) is 5.49. The van der Waals surface area contributed by atoms with Crippen LogP contribution in [0.2, 0.25) is 0 Å². The molecule has 2 N–H and O–H groups in total. The van der Waals surface area contributed by atoms with E-state index in [4.69, 9.17) is 19.7 Å². The van der Waals surface area contributed by atoms with Crippen LogP contribution in [0.3, 0.4) is 0 Å². The molecule has 2 heterocycles. The predicted molar refractivity (Wildman–Crippen MR) is 55.5 cm³/mol. The molecule has 1 saturated heterocycles. The van der Waals surface area contributed by atoms with Gasteiger partial charge in [0.05, 0.1) is 6.61 Å². The summed E-state index contributed by atoms with van der Waals surface area (Å²) in [6.45, 7) is 4.02. The van der Waals surface area contributed by atoms with Crippen LogP contribution in [-0.4, -0.2) is 29.9 Å². The van der Waals surface area contributed by atoms with E-state index in [9.17, 15) is 0 Å². The van der Waals surface area contributed by atoms with Crippen molar-refractivity contribution >= 4 is 0 Å². The number of nitrogens with zero attached hydrogens (tertiary/aromatic N) is 2. The van der Waals surface area contributed by atoms with Gasteiger partial charge in [0.2, 0.25) is 5.82 Å². The van der Waals surface area contributed by atoms with Crippen LogP contribution in [0, 0.1) is 0 Å². The Hall–Kier alpha value is -0.980. The average molecular weight is 227 g/mol. The zero-order valence-corrected chi connectivity index (χ0v) is 9.44. The van der Waals surface area contributed by atoms with Gasteiger partial charge in [-0.05, 0) is 19.8 Å². The molecule has 6 heteroatoms. The standard InChI is InChI=1S/C10H17N3O3/c1-10(3-2-5-15-10)9-12-8(16-13-9)7-14-6-4-11/h2-7,11H2,1H3. The number of ether oxygens (including phenoxy) is 2. The van der Waals surface area contributed by atoms with Crippen molar-refractivity contribution < 1.29 is 14.0 Å². The van der Waals surface area contributed by atoms with Gasteiger partial charge in [-0.25, -0.2) is 0 Å². The first kappa shape index (κ1) is 11.5. The van der Waals surface area contributed by atoms with Gasteiger partial charge in [-0.1, -0.05) is 5.16 Å². The molecule has 1 aromatic heterocycles. The van der Waals surface area contributed by atoms with Gasteiger partial charge >= 0.3 is 0 Å².